The Morgan fingerprint density at radius 3 is 2.08 bits per heavy atom. The van der Waals surface area contributed by atoms with Crippen molar-refractivity contribution < 1.29 is 27.5 Å². The highest BCUT2D eigenvalue weighted by Gasteiger charge is 2.30. The number of carbonyl (C=O) groups excluding carboxylic acids is 2. The van der Waals surface area contributed by atoms with Crippen molar-refractivity contribution in [3.8, 4) is 5.75 Å². The van der Waals surface area contributed by atoms with Crippen LogP contribution in [-0.4, -0.2) is 18.4 Å². The van der Waals surface area contributed by atoms with E-state index in [4.69, 9.17) is 4.74 Å². The van der Waals surface area contributed by atoms with Crippen LogP contribution in [0, 0.1) is 0 Å². The Labute approximate surface area is 148 Å². The standard InChI is InChI=1S/C18H17F3N2O3/c1-2-16(24)22-13-4-3-5-14(10-13)23-17(25)11-26-15-8-6-12(7-9-15)18(19,20)21/h3-10H,2,11H2,1H3,(H,22,24)(H,23,25). The lowest BCUT2D eigenvalue weighted by atomic mass is 10.2. The molecule has 0 unspecified atom stereocenters. The van der Waals surface area contributed by atoms with Crippen molar-refractivity contribution in [1.82, 2.24) is 0 Å². The molecule has 0 heterocycles. The highest BCUT2D eigenvalue weighted by Crippen LogP contribution is 2.30. The average Bonchev–Trinajstić information content (AvgIpc) is 2.60. The van der Waals surface area contributed by atoms with Gasteiger partial charge in [-0.25, -0.2) is 0 Å². The summed E-state index contributed by atoms with van der Waals surface area (Å²) < 4.78 is 42.6. The number of amides is 2. The first-order valence-electron chi connectivity index (χ1n) is 7.77. The largest absolute Gasteiger partial charge is 0.484 e. The fourth-order valence-electron chi connectivity index (χ4n) is 2.01. The normalized spacial score (nSPS) is 10.9. The molecule has 138 valence electrons. The predicted molar refractivity (Wildman–Crippen MR) is 90.9 cm³/mol. The molecule has 26 heavy (non-hydrogen) atoms. The number of hydrogen-bond donors (Lipinski definition) is 2. The zero-order chi connectivity index (χ0) is 19.2. The lowest BCUT2D eigenvalue weighted by Gasteiger charge is -2.10. The topological polar surface area (TPSA) is 67.4 Å². The molecule has 2 rings (SSSR count). The molecular formula is C18H17F3N2O3. The van der Waals surface area contributed by atoms with Gasteiger partial charge in [0.25, 0.3) is 5.91 Å². The van der Waals surface area contributed by atoms with Gasteiger partial charge in [-0.1, -0.05) is 13.0 Å². The number of alkyl halides is 3. The Morgan fingerprint density at radius 1 is 0.962 bits per heavy atom. The van der Waals surface area contributed by atoms with Gasteiger partial charge in [0.2, 0.25) is 5.91 Å². The van der Waals surface area contributed by atoms with Crippen molar-refractivity contribution in [3.63, 3.8) is 0 Å². The molecule has 0 bridgehead atoms. The molecule has 0 aliphatic heterocycles. The molecule has 2 aromatic rings. The van der Waals surface area contributed by atoms with Crippen LogP contribution in [0.2, 0.25) is 0 Å². The molecule has 2 N–H and O–H groups in total. The Bertz CT molecular complexity index is 774. The summed E-state index contributed by atoms with van der Waals surface area (Å²) in [5.41, 5.74) is 0.207. The van der Waals surface area contributed by atoms with Gasteiger partial charge in [0.05, 0.1) is 5.56 Å². The lowest BCUT2D eigenvalue weighted by Crippen LogP contribution is -2.20. The van der Waals surface area contributed by atoms with E-state index in [9.17, 15) is 22.8 Å². The van der Waals surface area contributed by atoms with E-state index in [-0.39, 0.29) is 18.3 Å². The fourth-order valence-corrected chi connectivity index (χ4v) is 2.01. The first-order chi connectivity index (χ1) is 12.3. The molecule has 0 radical (unpaired) electrons. The molecule has 0 atom stereocenters. The number of benzene rings is 2. The van der Waals surface area contributed by atoms with Crippen LogP contribution in [0.25, 0.3) is 0 Å². The van der Waals surface area contributed by atoms with Crippen molar-refractivity contribution >= 4 is 23.2 Å². The van der Waals surface area contributed by atoms with E-state index >= 15 is 0 Å². The van der Waals surface area contributed by atoms with Gasteiger partial charge < -0.3 is 15.4 Å². The van der Waals surface area contributed by atoms with Crippen molar-refractivity contribution in [2.45, 2.75) is 19.5 Å². The monoisotopic (exact) mass is 366 g/mol. The highest BCUT2D eigenvalue weighted by molar-refractivity contribution is 5.94. The van der Waals surface area contributed by atoms with Gasteiger partial charge in [0.15, 0.2) is 6.61 Å². The van der Waals surface area contributed by atoms with E-state index < -0.39 is 17.6 Å². The molecule has 0 saturated carbocycles. The highest BCUT2D eigenvalue weighted by atomic mass is 19.4. The van der Waals surface area contributed by atoms with Crippen molar-refractivity contribution in [2.75, 3.05) is 17.2 Å². The van der Waals surface area contributed by atoms with Crippen LogP contribution in [-0.2, 0) is 15.8 Å². The predicted octanol–water partition coefficient (Wildman–Crippen LogP) is 4.07. The van der Waals surface area contributed by atoms with Crippen LogP contribution in [0.4, 0.5) is 24.5 Å². The number of nitrogens with one attached hydrogen (secondary N) is 2. The molecular weight excluding hydrogens is 349 g/mol. The Morgan fingerprint density at radius 2 is 1.54 bits per heavy atom. The first-order valence-corrected chi connectivity index (χ1v) is 7.77. The summed E-state index contributed by atoms with van der Waals surface area (Å²) in [5, 5.41) is 5.25. The van der Waals surface area contributed by atoms with Crippen LogP contribution < -0.4 is 15.4 Å². The number of rotatable bonds is 6. The van der Waals surface area contributed by atoms with Crippen LogP contribution in [0.15, 0.2) is 48.5 Å². The molecule has 0 aliphatic rings. The fraction of sp³-hybridized carbons (Fsp3) is 0.222. The molecule has 2 aromatic carbocycles. The summed E-state index contributed by atoms with van der Waals surface area (Å²) in [6, 6.07) is 10.6. The summed E-state index contributed by atoms with van der Waals surface area (Å²) in [6.45, 7) is 1.36. The second kappa shape index (κ2) is 8.37. The zero-order valence-corrected chi connectivity index (χ0v) is 13.9. The van der Waals surface area contributed by atoms with Gasteiger partial charge in [-0.3, -0.25) is 9.59 Å². The van der Waals surface area contributed by atoms with E-state index in [1.165, 1.54) is 0 Å². The van der Waals surface area contributed by atoms with Gasteiger partial charge in [0.1, 0.15) is 5.75 Å². The van der Waals surface area contributed by atoms with Gasteiger partial charge in [-0.2, -0.15) is 13.2 Å². The maximum absolute atomic E-state index is 12.5. The third-order valence-corrected chi connectivity index (χ3v) is 3.30. The first kappa shape index (κ1) is 19.3. The Kier molecular flexibility index (Phi) is 6.21. The van der Waals surface area contributed by atoms with E-state index in [1.54, 1.807) is 31.2 Å². The molecule has 2 amide bonds. The second-order valence-corrected chi connectivity index (χ2v) is 5.34. The van der Waals surface area contributed by atoms with Crippen LogP contribution in [0.1, 0.15) is 18.9 Å². The molecule has 0 spiro atoms. The van der Waals surface area contributed by atoms with Crippen molar-refractivity contribution in [3.05, 3.63) is 54.1 Å². The summed E-state index contributed by atoms with van der Waals surface area (Å²) in [6.07, 6.45) is -4.09. The van der Waals surface area contributed by atoms with Gasteiger partial charge in [0, 0.05) is 17.8 Å². The number of halogens is 3. The van der Waals surface area contributed by atoms with Gasteiger partial charge in [-0.05, 0) is 42.5 Å². The average molecular weight is 366 g/mol. The molecule has 0 fully saturated rings. The molecule has 0 saturated heterocycles. The Balaban J connectivity index is 1.89. The summed E-state index contributed by atoms with van der Waals surface area (Å²) in [7, 11) is 0. The lowest BCUT2D eigenvalue weighted by molar-refractivity contribution is -0.137. The molecule has 8 heteroatoms. The summed E-state index contributed by atoms with van der Waals surface area (Å²) in [4.78, 5) is 23.3. The third-order valence-electron chi connectivity index (χ3n) is 3.30. The van der Waals surface area contributed by atoms with Gasteiger partial charge in [-0.15, -0.1) is 0 Å². The number of anilines is 2. The molecule has 5 nitrogen and oxygen atoms in total. The SMILES string of the molecule is CCC(=O)Nc1cccc(NC(=O)COc2ccc(C(F)(F)F)cc2)c1. The van der Waals surface area contributed by atoms with Gasteiger partial charge >= 0.3 is 6.18 Å². The summed E-state index contributed by atoms with van der Waals surface area (Å²) >= 11 is 0. The number of hydrogen-bond acceptors (Lipinski definition) is 3. The van der Waals surface area contributed by atoms with Crippen LogP contribution >= 0.6 is 0 Å². The maximum atomic E-state index is 12.5. The second-order valence-electron chi connectivity index (χ2n) is 5.34. The maximum Gasteiger partial charge on any atom is 0.416 e. The van der Waals surface area contributed by atoms with E-state index in [0.29, 0.717) is 17.8 Å². The summed E-state index contributed by atoms with van der Waals surface area (Å²) in [5.74, 6) is -0.486. The van der Waals surface area contributed by atoms with Crippen molar-refractivity contribution in [2.24, 2.45) is 0 Å². The van der Waals surface area contributed by atoms with Crippen molar-refractivity contribution in [1.29, 1.82) is 0 Å². The van der Waals surface area contributed by atoms with Crippen LogP contribution in [0.3, 0.4) is 0 Å². The zero-order valence-electron chi connectivity index (χ0n) is 13.9. The smallest absolute Gasteiger partial charge is 0.416 e. The minimum absolute atomic E-state index is 0.150. The minimum atomic E-state index is -4.42. The van der Waals surface area contributed by atoms with E-state index in [1.807, 2.05) is 0 Å². The quantitative estimate of drug-likeness (QED) is 0.810. The number of ether oxygens (including phenoxy) is 1. The molecule has 0 aromatic heterocycles. The number of carbonyl (C=O) groups is 2. The molecule has 0 aliphatic carbocycles. The third kappa shape index (κ3) is 5.80. The van der Waals surface area contributed by atoms with E-state index in [0.717, 1.165) is 24.3 Å². The minimum Gasteiger partial charge on any atom is -0.484 e. The Hall–Kier alpha value is -3.03. The van der Waals surface area contributed by atoms with E-state index in [2.05, 4.69) is 10.6 Å². The van der Waals surface area contributed by atoms with Crippen LogP contribution in [0.5, 0.6) is 5.75 Å².